The Morgan fingerprint density at radius 2 is 1.62 bits per heavy atom. The maximum Gasteiger partial charge on any atom is 0.322 e. The first kappa shape index (κ1) is 16.3. The first-order chi connectivity index (χ1) is 12.6. The van der Waals surface area contributed by atoms with Crippen molar-refractivity contribution >= 4 is 17.8 Å². The Labute approximate surface area is 151 Å². The number of urea groups is 1. The molecular formula is C20H19N3O3. The second-order valence-corrected chi connectivity index (χ2v) is 6.73. The third-order valence-corrected chi connectivity index (χ3v) is 5.14. The van der Waals surface area contributed by atoms with Crippen LogP contribution >= 0.6 is 0 Å². The largest absolute Gasteiger partial charge is 0.338 e. The molecule has 6 nitrogen and oxygen atoms in total. The van der Waals surface area contributed by atoms with Crippen molar-refractivity contribution in [3.05, 3.63) is 60.2 Å². The van der Waals surface area contributed by atoms with Gasteiger partial charge < -0.3 is 10.2 Å². The molecule has 0 radical (unpaired) electrons. The summed E-state index contributed by atoms with van der Waals surface area (Å²) in [6, 6.07) is 17.0. The van der Waals surface area contributed by atoms with Crippen molar-refractivity contribution in [3.8, 4) is 11.1 Å². The smallest absolute Gasteiger partial charge is 0.322 e. The number of nitrogens with one attached hydrogen (secondary N) is 2. The number of hydrogen-bond donors (Lipinski definition) is 2. The Balaban J connectivity index is 1.49. The van der Waals surface area contributed by atoms with Gasteiger partial charge >= 0.3 is 6.03 Å². The molecule has 0 bridgehead atoms. The van der Waals surface area contributed by atoms with E-state index in [1.54, 1.807) is 4.90 Å². The molecule has 4 rings (SSSR count). The van der Waals surface area contributed by atoms with Crippen LogP contribution in [-0.4, -0.2) is 41.4 Å². The SMILES string of the molecule is O=C1NC(=O)C2(CCN(C(=O)c3cccc(-c4ccccc4)c3)CC2)N1. The molecular weight excluding hydrogens is 330 g/mol. The molecule has 2 fully saturated rings. The maximum absolute atomic E-state index is 12.9. The highest BCUT2D eigenvalue weighted by molar-refractivity contribution is 6.07. The molecule has 132 valence electrons. The normalized spacial score (nSPS) is 18.5. The summed E-state index contributed by atoms with van der Waals surface area (Å²) in [6.45, 7) is 0.865. The lowest BCUT2D eigenvalue weighted by molar-refractivity contribution is -0.125. The zero-order valence-corrected chi connectivity index (χ0v) is 14.2. The van der Waals surface area contributed by atoms with E-state index in [0.29, 0.717) is 31.5 Å². The van der Waals surface area contributed by atoms with Crippen molar-refractivity contribution in [3.63, 3.8) is 0 Å². The first-order valence-corrected chi connectivity index (χ1v) is 8.66. The lowest BCUT2D eigenvalue weighted by atomic mass is 9.87. The number of likely N-dealkylation sites (tertiary alicyclic amines) is 1. The van der Waals surface area contributed by atoms with Crippen LogP contribution in [0.3, 0.4) is 0 Å². The van der Waals surface area contributed by atoms with E-state index in [2.05, 4.69) is 10.6 Å². The van der Waals surface area contributed by atoms with Crippen molar-refractivity contribution in [1.82, 2.24) is 15.5 Å². The van der Waals surface area contributed by atoms with Crippen molar-refractivity contribution in [2.75, 3.05) is 13.1 Å². The summed E-state index contributed by atoms with van der Waals surface area (Å²) >= 11 is 0. The average molecular weight is 349 g/mol. The van der Waals surface area contributed by atoms with Crippen LogP contribution in [0.25, 0.3) is 11.1 Å². The summed E-state index contributed by atoms with van der Waals surface area (Å²) in [7, 11) is 0. The molecule has 2 N–H and O–H groups in total. The number of nitrogens with zero attached hydrogens (tertiary/aromatic N) is 1. The quantitative estimate of drug-likeness (QED) is 0.816. The first-order valence-electron chi connectivity index (χ1n) is 8.66. The van der Waals surface area contributed by atoms with Crippen LogP contribution in [0.1, 0.15) is 23.2 Å². The fraction of sp³-hybridized carbons (Fsp3) is 0.250. The highest BCUT2D eigenvalue weighted by atomic mass is 16.2. The van der Waals surface area contributed by atoms with E-state index in [9.17, 15) is 14.4 Å². The molecule has 1 spiro atoms. The number of piperidine rings is 1. The molecule has 26 heavy (non-hydrogen) atoms. The molecule has 2 aliphatic heterocycles. The second-order valence-electron chi connectivity index (χ2n) is 6.73. The van der Waals surface area contributed by atoms with Crippen molar-refractivity contribution in [2.45, 2.75) is 18.4 Å². The van der Waals surface area contributed by atoms with Crippen LogP contribution in [0.15, 0.2) is 54.6 Å². The van der Waals surface area contributed by atoms with E-state index in [4.69, 9.17) is 0 Å². The predicted octanol–water partition coefficient (Wildman–Crippen LogP) is 2.17. The summed E-state index contributed by atoms with van der Waals surface area (Å²) in [5.41, 5.74) is 1.82. The number of imide groups is 1. The Morgan fingerprint density at radius 3 is 2.27 bits per heavy atom. The van der Waals surface area contributed by atoms with Gasteiger partial charge in [0.25, 0.3) is 11.8 Å². The predicted molar refractivity (Wildman–Crippen MR) is 96.4 cm³/mol. The standard InChI is InChI=1S/C20H19N3O3/c24-17(16-8-4-7-15(13-16)14-5-2-1-3-6-14)23-11-9-20(10-12-23)18(25)21-19(26)22-20/h1-8,13H,9-12H2,(H2,21,22,25,26). The van der Waals surface area contributed by atoms with Gasteiger partial charge in [0.15, 0.2) is 0 Å². The van der Waals surface area contributed by atoms with Gasteiger partial charge in [-0.05, 0) is 36.1 Å². The van der Waals surface area contributed by atoms with E-state index < -0.39 is 11.6 Å². The van der Waals surface area contributed by atoms with Gasteiger partial charge in [0.1, 0.15) is 5.54 Å². The van der Waals surface area contributed by atoms with Crippen LogP contribution in [0, 0.1) is 0 Å². The third kappa shape index (κ3) is 2.83. The lowest BCUT2D eigenvalue weighted by Gasteiger charge is -2.37. The average Bonchev–Trinajstić information content (AvgIpc) is 2.95. The monoisotopic (exact) mass is 349 g/mol. The number of amides is 4. The third-order valence-electron chi connectivity index (χ3n) is 5.14. The van der Waals surface area contributed by atoms with Gasteiger partial charge in [-0.1, -0.05) is 42.5 Å². The minimum atomic E-state index is -0.861. The molecule has 0 atom stereocenters. The number of rotatable bonds is 2. The minimum Gasteiger partial charge on any atom is -0.338 e. The summed E-state index contributed by atoms with van der Waals surface area (Å²) in [6.07, 6.45) is 0.851. The fourth-order valence-electron chi connectivity index (χ4n) is 3.62. The van der Waals surface area contributed by atoms with E-state index in [1.807, 2.05) is 54.6 Å². The molecule has 4 amide bonds. The molecule has 2 heterocycles. The summed E-state index contributed by atoms with van der Waals surface area (Å²) in [4.78, 5) is 38.0. The van der Waals surface area contributed by atoms with Gasteiger partial charge in [-0.3, -0.25) is 14.9 Å². The zero-order valence-electron chi connectivity index (χ0n) is 14.2. The fourth-order valence-corrected chi connectivity index (χ4v) is 3.62. The molecule has 6 heteroatoms. The molecule has 2 saturated heterocycles. The molecule has 2 aromatic carbocycles. The number of benzene rings is 2. The molecule has 0 saturated carbocycles. The van der Waals surface area contributed by atoms with E-state index in [0.717, 1.165) is 11.1 Å². The van der Waals surface area contributed by atoms with Gasteiger partial charge in [-0.15, -0.1) is 0 Å². The highest BCUT2D eigenvalue weighted by Crippen LogP contribution is 2.27. The molecule has 0 aromatic heterocycles. The number of carbonyl (C=O) groups excluding carboxylic acids is 3. The van der Waals surface area contributed by atoms with E-state index in [1.165, 1.54) is 0 Å². The highest BCUT2D eigenvalue weighted by Gasteiger charge is 2.48. The van der Waals surface area contributed by atoms with Crippen LogP contribution in [0.5, 0.6) is 0 Å². The molecule has 2 aromatic rings. The van der Waals surface area contributed by atoms with Crippen LogP contribution in [-0.2, 0) is 4.79 Å². The van der Waals surface area contributed by atoms with Gasteiger partial charge in [-0.2, -0.15) is 0 Å². The van der Waals surface area contributed by atoms with Gasteiger partial charge in [0.2, 0.25) is 0 Å². The number of hydrogen-bond acceptors (Lipinski definition) is 3. The lowest BCUT2D eigenvalue weighted by Crippen LogP contribution is -2.55. The second kappa shape index (κ2) is 6.29. The molecule has 0 aliphatic carbocycles. The van der Waals surface area contributed by atoms with E-state index in [-0.39, 0.29) is 11.8 Å². The Kier molecular flexibility index (Phi) is 3.95. The van der Waals surface area contributed by atoms with Crippen molar-refractivity contribution < 1.29 is 14.4 Å². The van der Waals surface area contributed by atoms with Gasteiger partial charge in [-0.25, -0.2) is 4.79 Å². The molecule has 2 aliphatic rings. The molecule has 0 unspecified atom stereocenters. The Bertz CT molecular complexity index is 871. The van der Waals surface area contributed by atoms with Gasteiger partial charge in [0, 0.05) is 18.7 Å². The van der Waals surface area contributed by atoms with Crippen molar-refractivity contribution in [2.24, 2.45) is 0 Å². The van der Waals surface area contributed by atoms with Crippen molar-refractivity contribution in [1.29, 1.82) is 0 Å². The van der Waals surface area contributed by atoms with Crippen LogP contribution in [0.4, 0.5) is 4.79 Å². The minimum absolute atomic E-state index is 0.0534. The van der Waals surface area contributed by atoms with Crippen LogP contribution < -0.4 is 10.6 Å². The Hall–Kier alpha value is -3.15. The summed E-state index contributed by atoms with van der Waals surface area (Å²) in [5, 5.41) is 5.00. The van der Waals surface area contributed by atoms with Gasteiger partial charge in [0.05, 0.1) is 0 Å². The van der Waals surface area contributed by atoms with E-state index >= 15 is 0 Å². The summed E-state index contributed by atoms with van der Waals surface area (Å²) < 4.78 is 0. The number of carbonyl (C=O) groups is 3. The summed E-state index contributed by atoms with van der Waals surface area (Å²) in [5.74, 6) is -0.344. The Morgan fingerprint density at radius 1 is 0.923 bits per heavy atom. The topological polar surface area (TPSA) is 78.5 Å². The zero-order chi connectivity index (χ0) is 18.1. The van der Waals surface area contributed by atoms with Crippen LogP contribution in [0.2, 0.25) is 0 Å². The maximum atomic E-state index is 12.9.